The summed E-state index contributed by atoms with van der Waals surface area (Å²) >= 11 is 0. The summed E-state index contributed by atoms with van der Waals surface area (Å²) < 4.78 is 48.8. The third-order valence-electron chi connectivity index (χ3n) is 2.29. The van der Waals surface area contributed by atoms with Crippen molar-refractivity contribution in [3.8, 4) is 5.75 Å². The third kappa shape index (κ3) is 4.60. The van der Waals surface area contributed by atoms with Gasteiger partial charge in [0.1, 0.15) is 0 Å². The zero-order valence-electron chi connectivity index (χ0n) is 9.26. The molecule has 0 radical (unpaired) electrons. The Morgan fingerprint density at radius 1 is 1.29 bits per heavy atom. The van der Waals surface area contributed by atoms with E-state index >= 15 is 0 Å². The highest BCUT2D eigenvalue weighted by molar-refractivity contribution is 5.33. The van der Waals surface area contributed by atoms with Crippen LogP contribution in [0.25, 0.3) is 0 Å². The molecule has 96 valence electrons. The van der Waals surface area contributed by atoms with Gasteiger partial charge in [0.15, 0.2) is 11.6 Å². The first-order chi connectivity index (χ1) is 7.79. The molecule has 1 aromatic carbocycles. The van der Waals surface area contributed by atoms with Gasteiger partial charge >= 0.3 is 6.18 Å². The van der Waals surface area contributed by atoms with E-state index in [-0.39, 0.29) is 18.7 Å². The van der Waals surface area contributed by atoms with E-state index in [0.717, 1.165) is 6.07 Å². The molecule has 0 unspecified atom stereocenters. The Morgan fingerprint density at radius 2 is 1.94 bits per heavy atom. The zero-order chi connectivity index (χ0) is 13.1. The Kier molecular flexibility index (Phi) is 4.34. The lowest BCUT2D eigenvalue weighted by molar-refractivity contribution is -0.137. The molecule has 0 saturated heterocycles. The van der Waals surface area contributed by atoms with Crippen LogP contribution in [0, 0.1) is 5.82 Å². The third-order valence-corrected chi connectivity index (χ3v) is 2.29. The summed E-state index contributed by atoms with van der Waals surface area (Å²) in [6, 6.07) is 3.97. The summed E-state index contributed by atoms with van der Waals surface area (Å²) in [4.78, 5) is 1.38. The molecular formula is C11H13F4NO. The predicted octanol–water partition coefficient (Wildman–Crippen LogP) is 2.92. The minimum atomic E-state index is -4.21. The predicted molar refractivity (Wildman–Crippen MR) is 55.1 cm³/mol. The van der Waals surface area contributed by atoms with Crippen molar-refractivity contribution < 1.29 is 22.7 Å². The first-order valence-corrected chi connectivity index (χ1v) is 5.01. The summed E-state index contributed by atoms with van der Waals surface area (Å²) in [5, 5.41) is 9.35. The Bertz CT molecular complexity index is 378. The number of hydrogen-bond acceptors (Lipinski definition) is 2. The quantitative estimate of drug-likeness (QED) is 0.832. The number of phenols is 1. The van der Waals surface area contributed by atoms with Crippen molar-refractivity contribution in [1.82, 2.24) is 4.90 Å². The van der Waals surface area contributed by atoms with Gasteiger partial charge < -0.3 is 10.0 Å². The van der Waals surface area contributed by atoms with Crippen molar-refractivity contribution >= 4 is 0 Å². The van der Waals surface area contributed by atoms with Crippen molar-refractivity contribution in [2.75, 3.05) is 13.6 Å². The zero-order valence-corrected chi connectivity index (χ0v) is 9.26. The number of nitrogens with zero attached hydrogens (tertiary/aromatic N) is 1. The van der Waals surface area contributed by atoms with E-state index in [1.54, 1.807) is 0 Å². The minimum absolute atomic E-state index is 0.0691. The molecule has 1 aromatic rings. The number of benzene rings is 1. The SMILES string of the molecule is CN(CCC(F)(F)F)Cc1cccc(F)c1O. The number of halogens is 4. The first kappa shape index (κ1) is 13.8. The van der Waals surface area contributed by atoms with Gasteiger partial charge in [-0.2, -0.15) is 13.2 Å². The number of alkyl halides is 3. The molecule has 17 heavy (non-hydrogen) atoms. The highest BCUT2D eigenvalue weighted by Gasteiger charge is 2.27. The summed E-state index contributed by atoms with van der Waals surface area (Å²) in [7, 11) is 1.48. The van der Waals surface area contributed by atoms with Crippen LogP contribution in [-0.2, 0) is 6.54 Å². The maximum atomic E-state index is 13.0. The molecule has 0 amide bonds. The molecular weight excluding hydrogens is 238 g/mol. The summed E-state index contributed by atoms with van der Waals surface area (Å²) in [6.07, 6.45) is -5.14. The molecule has 6 heteroatoms. The van der Waals surface area contributed by atoms with Crippen molar-refractivity contribution in [3.63, 3.8) is 0 Å². The van der Waals surface area contributed by atoms with Crippen LogP contribution in [0.4, 0.5) is 17.6 Å². The van der Waals surface area contributed by atoms with Crippen LogP contribution in [0.1, 0.15) is 12.0 Å². The van der Waals surface area contributed by atoms with Gasteiger partial charge in [0.25, 0.3) is 0 Å². The molecule has 0 aliphatic rings. The normalized spacial score (nSPS) is 12.1. The number of para-hydroxylation sites is 1. The summed E-state index contributed by atoms with van der Waals surface area (Å²) in [6.45, 7) is -0.126. The van der Waals surface area contributed by atoms with Crippen LogP contribution in [0.2, 0.25) is 0 Å². The van der Waals surface area contributed by atoms with Crippen LogP contribution < -0.4 is 0 Å². The number of aromatic hydroxyl groups is 1. The van der Waals surface area contributed by atoms with Gasteiger partial charge in [-0.15, -0.1) is 0 Å². The lowest BCUT2D eigenvalue weighted by Crippen LogP contribution is -2.24. The van der Waals surface area contributed by atoms with Crippen LogP contribution in [0.3, 0.4) is 0 Å². The Morgan fingerprint density at radius 3 is 2.53 bits per heavy atom. The summed E-state index contributed by atoms with van der Waals surface area (Å²) in [5.41, 5.74) is 0.273. The molecule has 0 fully saturated rings. The fraction of sp³-hybridized carbons (Fsp3) is 0.455. The molecule has 1 N–H and O–H groups in total. The highest BCUT2D eigenvalue weighted by Crippen LogP contribution is 2.23. The Balaban J connectivity index is 2.56. The fourth-order valence-corrected chi connectivity index (χ4v) is 1.38. The Hall–Kier alpha value is -1.30. The largest absolute Gasteiger partial charge is 0.505 e. The van der Waals surface area contributed by atoms with E-state index in [1.165, 1.54) is 24.1 Å². The van der Waals surface area contributed by atoms with Gasteiger partial charge in [0.05, 0.1) is 6.42 Å². The Labute approximate surface area is 96.5 Å². The average molecular weight is 251 g/mol. The minimum Gasteiger partial charge on any atom is -0.505 e. The topological polar surface area (TPSA) is 23.5 Å². The van der Waals surface area contributed by atoms with Gasteiger partial charge in [0.2, 0.25) is 0 Å². The van der Waals surface area contributed by atoms with Crippen LogP contribution in [-0.4, -0.2) is 29.8 Å². The molecule has 0 spiro atoms. The maximum Gasteiger partial charge on any atom is 0.390 e. The van der Waals surface area contributed by atoms with Crippen molar-refractivity contribution in [2.24, 2.45) is 0 Å². The van der Waals surface area contributed by atoms with E-state index in [1.807, 2.05) is 0 Å². The van der Waals surface area contributed by atoms with Crippen LogP contribution >= 0.6 is 0 Å². The van der Waals surface area contributed by atoms with Crippen LogP contribution in [0.5, 0.6) is 5.75 Å². The molecule has 0 aromatic heterocycles. The lowest BCUT2D eigenvalue weighted by atomic mass is 10.2. The highest BCUT2D eigenvalue weighted by atomic mass is 19.4. The van der Waals surface area contributed by atoms with Gasteiger partial charge in [-0.1, -0.05) is 12.1 Å². The molecule has 0 saturated carbocycles. The standard InChI is InChI=1S/C11H13F4NO/c1-16(6-5-11(13,14)15)7-8-3-2-4-9(12)10(8)17/h2-4,17H,5-7H2,1H3. The number of phenolic OH excluding ortho intramolecular Hbond substituents is 1. The van der Waals surface area contributed by atoms with E-state index in [0.29, 0.717) is 0 Å². The molecule has 0 atom stereocenters. The number of hydrogen-bond donors (Lipinski definition) is 1. The smallest absolute Gasteiger partial charge is 0.390 e. The molecule has 2 nitrogen and oxygen atoms in total. The fourth-order valence-electron chi connectivity index (χ4n) is 1.38. The molecule has 0 aliphatic carbocycles. The first-order valence-electron chi connectivity index (χ1n) is 5.01. The van der Waals surface area contributed by atoms with Crippen LogP contribution in [0.15, 0.2) is 18.2 Å². The second-order valence-electron chi connectivity index (χ2n) is 3.85. The van der Waals surface area contributed by atoms with Crippen molar-refractivity contribution in [3.05, 3.63) is 29.6 Å². The van der Waals surface area contributed by atoms with Gasteiger partial charge in [-0.05, 0) is 13.1 Å². The summed E-state index contributed by atoms with van der Waals surface area (Å²) in [5.74, 6) is -1.28. The number of rotatable bonds is 4. The second kappa shape index (κ2) is 5.35. The van der Waals surface area contributed by atoms with Gasteiger partial charge in [-0.3, -0.25) is 0 Å². The monoisotopic (exact) mass is 251 g/mol. The van der Waals surface area contributed by atoms with Gasteiger partial charge in [-0.25, -0.2) is 4.39 Å². The second-order valence-corrected chi connectivity index (χ2v) is 3.85. The van der Waals surface area contributed by atoms with Crippen molar-refractivity contribution in [2.45, 2.75) is 19.1 Å². The molecule has 0 bridgehead atoms. The maximum absolute atomic E-state index is 13.0. The molecule has 0 heterocycles. The van der Waals surface area contributed by atoms with Gasteiger partial charge in [0, 0.05) is 18.7 Å². The molecule has 1 rings (SSSR count). The molecule has 0 aliphatic heterocycles. The van der Waals surface area contributed by atoms with E-state index in [2.05, 4.69) is 0 Å². The van der Waals surface area contributed by atoms with Crippen molar-refractivity contribution in [1.29, 1.82) is 0 Å². The average Bonchev–Trinajstić information content (AvgIpc) is 2.21. The van der Waals surface area contributed by atoms with E-state index in [4.69, 9.17) is 0 Å². The van der Waals surface area contributed by atoms with E-state index < -0.39 is 24.2 Å². The lowest BCUT2D eigenvalue weighted by Gasteiger charge is -2.18. The van der Waals surface area contributed by atoms with E-state index in [9.17, 15) is 22.7 Å².